The van der Waals surface area contributed by atoms with Crippen LogP contribution in [0.25, 0.3) is 5.65 Å². The first-order valence-electron chi connectivity index (χ1n) is 8.10. The molecule has 0 aliphatic rings. The second kappa shape index (κ2) is 8.76. The monoisotopic (exact) mass is 496 g/mol. The Morgan fingerprint density at radius 2 is 1.97 bits per heavy atom. The Kier molecular flexibility index (Phi) is 6.50. The molecule has 3 rings (SSSR count). The van der Waals surface area contributed by atoms with Crippen LogP contribution in [-0.2, 0) is 15.0 Å². The number of halogens is 4. The fraction of sp³-hybridized carbons (Fsp3) is 0.200. The van der Waals surface area contributed by atoms with E-state index in [2.05, 4.69) is 15.1 Å². The standard InChI is InChI=1S/C15H12Cl3FN6O4S/c1-2-29-15-20-10(19)6-11-21-14(22-24(11)15)23-30(27,28)25(12(26)7-16)13-8(17)4-3-5-9(13)18/h3-6H,2,7H2,1H3,(H,22,23). The molecule has 1 N–H and O–H groups in total. The number of anilines is 2. The highest BCUT2D eigenvalue weighted by Crippen LogP contribution is 2.35. The summed E-state index contributed by atoms with van der Waals surface area (Å²) in [5, 5.41) is 3.66. The number of hydrogen-bond donors (Lipinski definition) is 1. The molecule has 0 radical (unpaired) electrons. The summed E-state index contributed by atoms with van der Waals surface area (Å²) >= 11 is 17.7. The summed E-state index contributed by atoms with van der Waals surface area (Å²) in [5.74, 6) is -3.12. The normalized spacial score (nSPS) is 11.5. The summed E-state index contributed by atoms with van der Waals surface area (Å²) in [7, 11) is -4.68. The van der Waals surface area contributed by atoms with Crippen molar-refractivity contribution in [1.29, 1.82) is 0 Å². The third-order valence-corrected chi connectivity index (χ3v) is 5.63. The summed E-state index contributed by atoms with van der Waals surface area (Å²) in [4.78, 5) is 19.7. The maximum atomic E-state index is 13.6. The van der Waals surface area contributed by atoms with E-state index >= 15 is 0 Å². The zero-order chi connectivity index (χ0) is 22.1. The number of ether oxygens (including phenoxy) is 1. The highest BCUT2D eigenvalue weighted by atomic mass is 35.5. The molecule has 0 aliphatic carbocycles. The number of aromatic nitrogens is 4. The van der Waals surface area contributed by atoms with E-state index in [9.17, 15) is 17.6 Å². The van der Waals surface area contributed by atoms with Gasteiger partial charge in [0.05, 0.1) is 22.3 Å². The van der Waals surface area contributed by atoms with Crippen molar-refractivity contribution in [3.05, 3.63) is 40.3 Å². The lowest BCUT2D eigenvalue weighted by Gasteiger charge is -2.23. The van der Waals surface area contributed by atoms with E-state index in [1.165, 1.54) is 18.2 Å². The first-order chi connectivity index (χ1) is 14.2. The molecular weight excluding hydrogens is 486 g/mol. The van der Waals surface area contributed by atoms with Gasteiger partial charge in [-0.05, 0) is 19.1 Å². The Morgan fingerprint density at radius 3 is 2.57 bits per heavy atom. The van der Waals surface area contributed by atoms with Gasteiger partial charge in [0.25, 0.3) is 11.9 Å². The average molecular weight is 498 g/mol. The van der Waals surface area contributed by atoms with Gasteiger partial charge in [0.15, 0.2) is 5.65 Å². The molecule has 160 valence electrons. The lowest BCUT2D eigenvalue weighted by Crippen LogP contribution is -2.42. The van der Waals surface area contributed by atoms with Gasteiger partial charge >= 0.3 is 16.2 Å². The van der Waals surface area contributed by atoms with Crippen molar-refractivity contribution in [2.45, 2.75) is 6.92 Å². The van der Waals surface area contributed by atoms with E-state index in [1.54, 1.807) is 6.92 Å². The van der Waals surface area contributed by atoms with Crippen LogP contribution in [0.2, 0.25) is 10.0 Å². The molecule has 0 saturated carbocycles. The van der Waals surface area contributed by atoms with Crippen LogP contribution in [0.5, 0.6) is 6.01 Å². The second-order valence-electron chi connectivity index (χ2n) is 5.47. The van der Waals surface area contributed by atoms with Crippen molar-refractivity contribution in [2.24, 2.45) is 0 Å². The Hall–Kier alpha value is -2.41. The molecule has 3 aromatic rings. The van der Waals surface area contributed by atoms with Gasteiger partial charge in [0.2, 0.25) is 5.95 Å². The van der Waals surface area contributed by atoms with Crippen LogP contribution in [0.15, 0.2) is 24.3 Å². The van der Waals surface area contributed by atoms with Crippen molar-refractivity contribution in [1.82, 2.24) is 19.6 Å². The van der Waals surface area contributed by atoms with E-state index in [4.69, 9.17) is 39.5 Å². The quantitative estimate of drug-likeness (QED) is 0.394. The summed E-state index contributed by atoms with van der Waals surface area (Å²) < 4.78 is 48.1. The maximum absolute atomic E-state index is 13.6. The number of carbonyl (C=O) groups is 1. The first kappa shape index (κ1) is 22.3. The van der Waals surface area contributed by atoms with Gasteiger partial charge in [0.1, 0.15) is 5.88 Å². The predicted octanol–water partition coefficient (Wildman–Crippen LogP) is 2.90. The maximum Gasteiger partial charge on any atom is 0.333 e. The van der Waals surface area contributed by atoms with Gasteiger partial charge in [-0.2, -0.15) is 31.6 Å². The van der Waals surface area contributed by atoms with Gasteiger partial charge < -0.3 is 4.74 Å². The van der Waals surface area contributed by atoms with Crippen molar-refractivity contribution >= 4 is 68.2 Å². The third-order valence-electron chi connectivity index (χ3n) is 3.48. The van der Waals surface area contributed by atoms with Crippen molar-refractivity contribution < 1.29 is 22.3 Å². The number of para-hydroxylation sites is 1. The summed E-state index contributed by atoms with van der Waals surface area (Å²) in [6.45, 7) is 1.79. The number of fused-ring (bicyclic) bond motifs is 1. The number of nitrogens with one attached hydrogen (secondary N) is 1. The lowest BCUT2D eigenvalue weighted by molar-refractivity contribution is -0.115. The van der Waals surface area contributed by atoms with Crippen LogP contribution in [0.1, 0.15) is 6.92 Å². The molecule has 0 aliphatic heterocycles. The molecule has 1 amide bonds. The van der Waals surface area contributed by atoms with E-state index < -0.39 is 33.9 Å². The van der Waals surface area contributed by atoms with Gasteiger partial charge in [0, 0.05) is 6.07 Å². The minimum Gasteiger partial charge on any atom is -0.464 e. The number of hydrogen-bond acceptors (Lipinski definition) is 7. The molecule has 0 atom stereocenters. The number of amides is 1. The molecule has 2 heterocycles. The zero-order valence-corrected chi connectivity index (χ0v) is 18.1. The van der Waals surface area contributed by atoms with Crippen LogP contribution in [0.4, 0.5) is 16.0 Å². The molecule has 0 fully saturated rings. The Balaban J connectivity index is 2.07. The van der Waals surface area contributed by atoms with E-state index in [0.717, 1.165) is 10.6 Å². The van der Waals surface area contributed by atoms with Crippen LogP contribution in [0, 0.1) is 5.95 Å². The molecule has 1 aromatic carbocycles. The third kappa shape index (κ3) is 4.36. The van der Waals surface area contributed by atoms with Gasteiger partial charge in [-0.25, -0.2) is 4.72 Å². The number of nitrogens with zero attached hydrogens (tertiary/aromatic N) is 5. The molecule has 0 saturated heterocycles. The number of alkyl halides is 1. The predicted molar refractivity (Wildman–Crippen MR) is 109 cm³/mol. The molecular formula is C15H12Cl3FN6O4S. The molecule has 15 heteroatoms. The minimum atomic E-state index is -4.68. The SMILES string of the molecule is CCOc1nc(F)cc2nc(NS(=O)(=O)N(C(=O)CCl)c3c(Cl)cccc3Cl)nn12. The van der Waals surface area contributed by atoms with Crippen LogP contribution in [-0.4, -0.2) is 46.4 Å². The van der Waals surface area contributed by atoms with Crippen molar-refractivity contribution in [3.63, 3.8) is 0 Å². The smallest absolute Gasteiger partial charge is 0.333 e. The molecule has 0 bridgehead atoms. The zero-order valence-electron chi connectivity index (χ0n) is 15.0. The Labute approximate surface area is 184 Å². The first-order valence-corrected chi connectivity index (χ1v) is 10.8. The van der Waals surface area contributed by atoms with E-state index in [1.807, 2.05) is 4.72 Å². The molecule has 10 nitrogen and oxygen atoms in total. The largest absolute Gasteiger partial charge is 0.464 e. The van der Waals surface area contributed by atoms with Gasteiger partial charge in [-0.15, -0.1) is 16.7 Å². The average Bonchev–Trinajstić information content (AvgIpc) is 3.05. The van der Waals surface area contributed by atoms with Crippen LogP contribution >= 0.6 is 34.8 Å². The fourth-order valence-corrected chi connectivity index (χ4v) is 4.41. The highest BCUT2D eigenvalue weighted by Gasteiger charge is 2.33. The fourth-order valence-electron chi connectivity index (χ4n) is 2.38. The topological polar surface area (TPSA) is 119 Å². The molecule has 30 heavy (non-hydrogen) atoms. The van der Waals surface area contributed by atoms with Gasteiger partial charge in [-0.3, -0.25) is 4.79 Å². The highest BCUT2D eigenvalue weighted by molar-refractivity contribution is 7.94. The summed E-state index contributed by atoms with van der Waals surface area (Å²) in [6.07, 6.45) is 0. The summed E-state index contributed by atoms with van der Waals surface area (Å²) in [5.41, 5.74) is -0.389. The van der Waals surface area contributed by atoms with Crippen molar-refractivity contribution in [3.8, 4) is 6.01 Å². The van der Waals surface area contributed by atoms with E-state index in [-0.39, 0.29) is 34.0 Å². The number of rotatable bonds is 7. The molecule has 2 aromatic heterocycles. The van der Waals surface area contributed by atoms with Crippen LogP contribution in [0.3, 0.4) is 0 Å². The van der Waals surface area contributed by atoms with Crippen molar-refractivity contribution in [2.75, 3.05) is 21.5 Å². The molecule has 0 unspecified atom stereocenters. The summed E-state index contributed by atoms with van der Waals surface area (Å²) in [6, 6.07) is 4.84. The van der Waals surface area contributed by atoms with Gasteiger partial charge in [-0.1, -0.05) is 29.3 Å². The second-order valence-corrected chi connectivity index (χ2v) is 8.07. The lowest BCUT2D eigenvalue weighted by atomic mass is 10.3. The van der Waals surface area contributed by atoms with E-state index in [0.29, 0.717) is 4.31 Å². The number of benzene rings is 1. The van der Waals surface area contributed by atoms with Crippen LogP contribution < -0.4 is 13.8 Å². The Morgan fingerprint density at radius 1 is 1.30 bits per heavy atom. The number of carbonyl (C=O) groups excluding carboxylic acids is 1. The minimum absolute atomic E-state index is 0.0883. The molecule has 0 spiro atoms. The Bertz CT molecular complexity index is 1200.